The third-order valence-corrected chi connectivity index (χ3v) is 8.66. The van der Waals surface area contributed by atoms with E-state index in [9.17, 15) is 19.5 Å². The van der Waals surface area contributed by atoms with Crippen molar-refractivity contribution < 1.29 is 19.5 Å². The molecule has 2 amide bonds. The molecule has 1 atom stereocenters. The molecule has 3 aliphatic heterocycles. The lowest BCUT2D eigenvalue weighted by Crippen LogP contribution is -2.56. The molecular weight excluding hydrogens is 504 g/mol. The zero-order chi connectivity index (χ0) is 27.7. The zero-order valence-corrected chi connectivity index (χ0v) is 22.5. The van der Waals surface area contributed by atoms with Crippen LogP contribution in [0, 0.1) is 0 Å². The molecule has 6 rings (SSSR count). The van der Waals surface area contributed by atoms with E-state index in [4.69, 9.17) is 0 Å². The number of hydrogen-bond donors (Lipinski definition) is 1. The summed E-state index contributed by atoms with van der Waals surface area (Å²) >= 11 is 0. The van der Waals surface area contributed by atoms with Crippen molar-refractivity contribution in [2.75, 3.05) is 42.6 Å². The summed E-state index contributed by atoms with van der Waals surface area (Å²) in [5.41, 5.74) is 2.85. The number of carboxylic acid groups (broad SMARTS) is 1. The molecule has 1 N–H and O–H groups in total. The number of piperidine rings is 1. The summed E-state index contributed by atoms with van der Waals surface area (Å²) in [5.74, 6) is -0.994. The van der Waals surface area contributed by atoms with Crippen LogP contribution in [0.4, 0.5) is 11.4 Å². The topological polar surface area (TPSA) is 84.4 Å². The molecule has 0 unspecified atom stereocenters. The molecule has 3 aromatic rings. The van der Waals surface area contributed by atoms with E-state index in [0.29, 0.717) is 31.4 Å². The summed E-state index contributed by atoms with van der Waals surface area (Å²) in [4.78, 5) is 47.1. The minimum atomic E-state index is -1.04. The third-order valence-electron chi connectivity index (χ3n) is 8.66. The first kappa shape index (κ1) is 26.1. The van der Waals surface area contributed by atoms with Gasteiger partial charge in [0, 0.05) is 31.0 Å². The molecule has 206 valence electrons. The number of carbonyl (C=O) groups is 3. The van der Waals surface area contributed by atoms with Crippen molar-refractivity contribution in [2.24, 2.45) is 0 Å². The van der Waals surface area contributed by atoms with Gasteiger partial charge in [-0.1, -0.05) is 66.7 Å². The van der Waals surface area contributed by atoms with Crippen molar-refractivity contribution in [3.63, 3.8) is 0 Å². The Balaban J connectivity index is 1.17. The lowest BCUT2D eigenvalue weighted by molar-refractivity contribution is -0.150. The van der Waals surface area contributed by atoms with Gasteiger partial charge < -0.3 is 24.7 Å². The highest BCUT2D eigenvalue weighted by Gasteiger charge is 2.56. The smallest absolute Gasteiger partial charge is 0.331 e. The summed E-state index contributed by atoms with van der Waals surface area (Å²) in [5, 5.41) is 10.2. The number of amides is 2. The first-order valence-corrected chi connectivity index (χ1v) is 14.0. The van der Waals surface area contributed by atoms with Gasteiger partial charge in [0.05, 0.1) is 13.1 Å². The van der Waals surface area contributed by atoms with Crippen LogP contribution in [0.5, 0.6) is 0 Å². The summed E-state index contributed by atoms with van der Waals surface area (Å²) in [6.07, 6.45) is 2.55. The second kappa shape index (κ2) is 10.8. The van der Waals surface area contributed by atoms with E-state index in [2.05, 4.69) is 9.80 Å². The molecule has 2 fully saturated rings. The molecule has 40 heavy (non-hydrogen) atoms. The molecule has 3 aromatic carbocycles. The SMILES string of the molecule is O=C(O)[C@H](c1ccccc1)N1CN(c2ccccc2)C2(CCN(CCCN3C(=O)Cc4ccccc43)CC2)C1=O. The fourth-order valence-corrected chi connectivity index (χ4v) is 6.61. The standard InChI is InChI=1S/C32H34N4O4/c37-28-22-25-12-7-8-15-27(25)34(28)19-9-18-33-20-16-32(17-21-33)31(40)35(23-36(32)26-13-5-2-6-14-26)29(30(38)39)24-10-3-1-4-11-24/h1-8,10-15,29H,9,16-23H2,(H,38,39)/t29-/m0/s1. The van der Waals surface area contributed by atoms with E-state index in [1.165, 1.54) is 4.90 Å². The molecule has 0 saturated carbocycles. The molecule has 8 nitrogen and oxygen atoms in total. The van der Waals surface area contributed by atoms with Gasteiger partial charge >= 0.3 is 5.97 Å². The lowest BCUT2D eigenvalue weighted by atomic mass is 9.85. The van der Waals surface area contributed by atoms with Crippen LogP contribution in [0.25, 0.3) is 0 Å². The maximum atomic E-state index is 14.2. The minimum Gasteiger partial charge on any atom is -0.479 e. The molecule has 0 aliphatic carbocycles. The lowest BCUT2D eigenvalue weighted by Gasteiger charge is -2.43. The molecule has 3 aliphatic rings. The average Bonchev–Trinajstić information content (AvgIpc) is 3.44. The first-order valence-electron chi connectivity index (χ1n) is 14.0. The molecule has 2 saturated heterocycles. The Kier molecular flexibility index (Phi) is 7.02. The van der Waals surface area contributed by atoms with E-state index in [1.807, 2.05) is 77.7 Å². The van der Waals surface area contributed by atoms with Crippen LogP contribution in [-0.2, 0) is 20.8 Å². The van der Waals surface area contributed by atoms with Crippen molar-refractivity contribution in [2.45, 2.75) is 37.3 Å². The summed E-state index contributed by atoms with van der Waals surface area (Å²) in [6, 6.07) is 25.8. The number of benzene rings is 3. The number of aliphatic carboxylic acids is 1. The summed E-state index contributed by atoms with van der Waals surface area (Å²) < 4.78 is 0. The van der Waals surface area contributed by atoms with Gasteiger partial charge in [0.2, 0.25) is 5.91 Å². The Bertz CT molecular complexity index is 1390. The molecule has 1 spiro atoms. The number of fused-ring (bicyclic) bond motifs is 1. The maximum Gasteiger partial charge on any atom is 0.331 e. The largest absolute Gasteiger partial charge is 0.479 e. The molecule has 3 heterocycles. The molecule has 0 radical (unpaired) electrons. The quantitative estimate of drug-likeness (QED) is 0.468. The number of carbonyl (C=O) groups excluding carboxylic acids is 2. The van der Waals surface area contributed by atoms with Crippen LogP contribution in [0.1, 0.15) is 36.4 Å². The van der Waals surface area contributed by atoms with Crippen molar-refractivity contribution in [3.8, 4) is 0 Å². The number of likely N-dealkylation sites (tertiary alicyclic amines) is 1. The van der Waals surface area contributed by atoms with Crippen LogP contribution in [0.3, 0.4) is 0 Å². The van der Waals surface area contributed by atoms with Gasteiger partial charge in [-0.25, -0.2) is 4.79 Å². The van der Waals surface area contributed by atoms with E-state index < -0.39 is 17.6 Å². The Hall–Kier alpha value is -4.17. The number of hydrogen-bond acceptors (Lipinski definition) is 5. The van der Waals surface area contributed by atoms with E-state index >= 15 is 0 Å². The van der Waals surface area contributed by atoms with Gasteiger partial charge in [0.25, 0.3) is 5.91 Å². The number of nitrogens with zero attached hydrogens (tertiary/aromatic N) is 4. The number of carboxylic acids is 1. The number of anilines is 2. The summed E-state index contributed by atoms with van der Waals surface area (Å²) in [6.45, 7) is 3.21. The van der Waals surface area contributed by atoms with Crippen LogP contribution in [0.15, 0.2) is 84.9 Å². The summed E-state index contributed by atoms with van der Waals surface area (Å²) in [7, 11) is 0. The van der Waals surface area contributed by atoms with Gasteiger partial charge in [-0.2, -0.15) is 0 Å². The zero-order valence-electron chi connectivity index (χ0n) is 22.5. The predicted octanol–water partition coefficient (Wildman–Crippen LogP) is 3.93. The van der Waals surface area contributed by atoms with Crippen molar-refractivity contribution in [3.05, 3.63) is 96.1 Å². The van der Waals surface area contributed by atoms with Crippen molar-refractivity contribution >= 4 is 29.2 Å². The van der Waals surface area contributed by atoms with Crippen molar-refractivity contribution in [1.82, 2.24) is 9.80 Å². The molecular formula is C32H34N4O4. The van der Waals surface area contributed by atoms with Crippen LogP contribution in [-0.4, -0.2) is 71.1 Å². The van der Waals surface area contributed by atoms with E-state index in [-0.39, 0.29) is 18.5 Å². The average molecular weight is 539 g/mol. The van der Waals surface area contributed by atoms with Gasteiger partial charge in [-0.15, -0.1) is 0 Å². The fraction of sp³-hybridized carbons (Fsp3) is 0.344. The second-order valence-electron chi connectivity index (χ2n) is 10.9. The van der Waals surface area contributed by atoms with E-state index in [0.717, 1.165) is 43.0 Å². The van der Waals surface area contributed by atoms with Gasteiger partial charge in [-0.05, 0) is 55.1 Å². The highest BCUT2D eigenvalue weighted by molar-refractivity contribution is 6.01. The Morgan fingerprint density at radius 3 is 2.20 bits per heavy atom. The van der Waals surface area contributed by atoms with Crippen LogP contribution in [0.2, 0.25) is 0 Å². The number of para-hydroxylation sites is 2. The molecule has 0 bridgehead atoms. The Labute approximate surface area is 234 Å². The van der Waals surface area contributed by atoms with Gasteiger partial charge in [-0.3, -0.25) is 9.59 Å². The maximum absolute atomic E-state index is 14.2. The second-order valence-corrected chi connectivity index (χ2v) is 10.9. The first-order chi connectivity index (χ1) is 19.5. The third kappa shape index (κ3) is 4.62. The van der Waals surface area contributed by atoms with Crippen molar-refractivity contribution in [1.29, 1.82) is 0 Å². The predicted molar refractivity (Wildman–Crippen MR) is 153 cm³/mol. The monoisotopic (exact) mass is 538 g/mol. The van der Waals surface area contributed by atoms with Gasteiger partial charge in [0.15, 0.2) is 6.04 Å². The Morgan fingerprint density at radius 2 is 1.50 bits per heavy atom. The fourth-order valence-electron chi connectivity index (χ4n) is 6.61. The van der Waals surface area contributed by atoms with E-state index in [1.54, 1.807) is 12.1 Å². The van der Waals surface area contributed by atoms with Crippen LogP contribution >= 0.6 is 0 Å². The number of rotatable bonds is 8. The Morgan fingerprint density at radius 1 is 0.850 bits per heavy atom. The highest BCUT2D eigenvalue weighted by atomic mass is 16.4. The molecule has 8 heteroatoms. The molecule has 0 aromatic heterocycles. The normalized spacial score (nSPS) is 19.4. The highest BCUT2D eigenvalue weighted by Crippen LogP contribution is 2.42. The minimum absolute atomic E-state index is 0.119. The van der Waals surface area contributed by atoms with Gasteiger partial charge in [0.1, 0.15) is 5.54 Å². The van der Waals surface area contributed by atoms with Crippen LogP contribution < -0.4 is 9.80 Å².